The molecule has 0 spiro atoms. The third-order valence-corrected chi connectivity index (χ3v) is 3.39. The highest BCUT2D eigenvalue weighted by molar-refractivity contribution is 5.78. The molecular weight excluding hydrogens is 244 g/mol. The van der Waals surface area contributed by atoms with Crippen molar-refractivity contribution in [2.75, 3.05) is 12.4 Å². The second kappa shape index (κ2) is 5.97. The van der Waals surface area contributed by atoms with Crippen LogP contribution in [-0.4, -0.2) is 29.0 Å². The molecule has 1 fully saturated rings. The molecule has 1 amide bonds. The van der Waals surface area contributed by atoms with Crippen LogP contribution in [0.3, 0.4) is 0 Å². The van der Waals surface area contributed by atoms with Gasteiger partial charge in [0.15, 0.2) is 5.82 Å². The van der Waals surface area contributed by atoms with Crippen molar-refractivity contribution in [3.63, 3.8) is 0 Å². The maximum Gasteiger partial charge on any atom is 0.222 e. The lowest BCUT2D eigenvalue weighted by Crippen LogP contribution is -2.34. The van der Waals surface area contributed by atoms with Crippen LogP contribution in [0.5, 0.6) is 0 Å². The molecule has 0 saturated heterocycles. The second-order valence-electron chi connectivity index (χ2n) is 4.93. The van der Waals surface area contributed by atoms with Gasteiger partial charge in [-0.2, -0.15) is 0 Å². The number of nitrogens with two attached hydrogens (primary N) is 1. The Hall–Kier alpha value is -1.69. The Kier molecular flexibility index (Phi) is 4.31. The lowest BCUT2D eigenvalue weighted by molar-refractivity contribution is -0.121. The van der Waals surface area contributed by atoms with Gasteiger partial charge >= 0.3 is 0 Å². The molecule has 19 heavy (non-hydrogen) atoms. The molecule has 0 bridgehead atoms. The van der Waals surface area contributed by atoms with Gasteiger partial charge in [-0.05, 0) is 19.8 Å². The Labute approximate surface area is 112 Å². The summed E-state index contributed by atoms with van der Waals surface area (Å²) in [5.74, 6) is 1.02. The molecule has 1 aromatic rings. The molecule has 104 valence electrons. The van der Waals surface area contributed by atoms with Gasteiger partial charge in [0, 0.05) is 24.9 Å². The minimum Gasteiger partial charge on any atom is -0.377 e. The van der Waals surface area contributed by atoms with Crippen molar-refractivity contribution < 1.29 is 9.53 Å². The lowest BCUT2D eigenvalue weighted by atomic mass is 10.0. The predicted octanol–water partition coefficient (Wildman–Crippen LogP) is 0.997. The number of amides is 1. The molecule has 0 aliphatic heterocycles. The number of hydrogen-bond donors (Lipinski definition) is 2. The standard InChI is InChI=1S/C13H20N4O2/c1-8-6-11(17-12(15-8)7-19-2)16-10-5-3-4-9(10)13(14)18/h6,9-10H,3-5,7H2,1-2H3,(H2,14,18)(H,15,16,17)/t9-,10+/m1/s1. The van der Waals surface area contributed by atoms with Crippen molar-refractivity contribution in [1.82, 2.24) is 9.97 Å². The van der Waals surface area contributed by atoms with Crippen LogP contribution in [0.2, 0.25) is 0 Å². The number of primary amides is 1. The minimum absolute atomic E-state index is 0.0715. The molecular formula is C13H20N4O2. The largest absolute Gasteiger partial charge is 0.377 e. The highest BCUT2D eigenvalue weighted by atomic mass is 16.5. The van der Waals surface area contributed by atoms with Crippen molar-refractivity contribution in [1.29, 1.82) is 0 Å². The number of aryl methyl sites for hydroxylation is 1. The van der Waals surface area contributed by atoms with Crippen LogP contribution in [0.1, 0.15) is 30.8 Å². The van der Waals surface area contributed by atoms with Gasteiger partial charge in [0.25, 0.3) is 0 Å². The molecule has 6 heteroatoms. The summed E-state index contributed by atoms with van der Waals surface area (Å²) in [6, 6.07) is 1.94. The molecule has 1 aromatic heterocycles. The van der Waals surface area contributed by atoms with E-state index >= 15 is 0 Å². The lowest BCUT2D eigenvalue weighted by Gasteiger charge is -2.19. The number of carbonyl (C=O) groups is 1. The average Bonchev–Trinajstić information content (AvgIpc) is 2.76. The summed E-state index contributed by atoms with van der Waals surface area (Å²) in [4.78, 5) is 20.0. The number of nitrogens with one attached hydrogen (secondary N) is 1. The number of carbonyl (C=O) groups excluding carboxylic acids is 1. The first-order chi connectivity index (χ1) is 9.10. The van der Waals surface area contributed by atoms with E-state index in [1.807, 2.05) is 13.0 Å². The van der Waals surface area contributed by atoms with Crippen LogP contribution in [0, 0.1) is 12.8 Å². The van der Waals surface area contributed by atoms with Gasteiger partial charge in [-0.25, -0.2) is 9.97 Å². The van der Waals surface area contributed by atoms with E-state index in [0.717, 1.165) is 30.8 Å². The van der Waals surface area contributed by atoms with Gasteiger partial charge in [-0.1, -0.05) is 6.42 Å². The Morgan fingerprint density at radius 2 is 2.32 bits per heavy atom. The SMILES string of the molecule is COCc1nc(C)cc(N[C@H]2CCC[C@H]2C(N)=O)n1. The number of hydrogen-bond acceptors (Lipinski definition) is 5. The van der Waals surface area contributed by atoms with E-state index in [4.69, 9.17) is 10.5 Å². The van der Waals surface area contributed by atoms with E-state index in [9.17, 15) is 4.79 Å². The van der Waals surface area contributed by atoms with Gasteiger partial charge in [0.2, 0.25) is 5.91 Å². The fraction of sp³-hybridized carbons (Fsp3) is 0.615. The molecule has 6 nitrogen and oxygen atoms in total. The Morgan fingerprint density at radius 3 is 3.00 bits per heavy atom. The summed E-state index contributed by atoms with van der Waals surface area (Å²) in [5, 5.41) is 3.30. The van der Waals surface area contributed by atoms with Crippen molar-refractivity contribution in [3.05, 3.63) is 17.6 Å². The molecule has 2 rings (SSSR count). The van der Waals surface area contributed by atoms with E-state index < -0.39 is 0 Å². The minimum atomic E-state index is -0.238. The first kappa shape index (κ1) is 13.7. The Morgan fingerprint density at radius 1 is 1.53 bits per heavy atom. The summed E-state index contributed by atoms with van der Waals surface area (Å²) in [6.45, 7) is 2.28. The number of aromatic nitrogens is 2. The van der Waals surface area contributed by atoms with Gasteiger partial charge in [-0.15, -0.1) is 0 Å². The number of methoxy groups -OCH3 is 1. The monoisotopic (exact) mass is 264 g/mol. The third-order valence-electron chi connectivity index (χ3n) is 3.39. The van der Waals surface area contributed by atoms with E-state index in [1.54, 1.807) is 7.11 Å². The summed E-state index contributed by atoms with van der Waals surface area (Å²) in [5.41, 5.74) is 6.29. The predicted molar refractivity (Wildman–Crippen MR) is 71.4 cm³/mol. The second-order valence-corrected chi connectivity index (χ2v) is 4.93. The maximum absolute atomic E-state index is 11.4. The van der Waals surface area contributed by atoms with E-state index in [1.165, 1.54) is 0 Å². The van der Waals surface area contributed by atoms with Gasteiger partial charge < -0.3 is 15.8 Å². The van der Waals surface area contributed by atoms with Crippen LogP contribution in [0.25, 0.3) is 0 Å². The summed E-state index contributed by atoms with van der Waals surface area (Å²) in [6.07, 6.45) is 2.80. The van der Waals surface area contributed by atoms with Crippen molar-refractivity contribution >= 4 is 11.7 Å². The van der Waals surface area contributed by atoms with Crippen LogP contribution < -0.4 is 11.1 Å². The summed E-state index contributed by atoms with van der Waals surface area (Å²) in [7, 11) is 1.61. The molecule has 1 saturated carbocycles. The van der Waals surface area contributed by atoms with E-state index in [-0.39, 0.29) is 17.9 Å². The highest BCUT2D eigenvalue weighted by Gasteiger charge is 2.31. The zero-order valence-electron chi connectivity index (χ0n) is 11.3. The van der Waals surface area contributed by atoms with E-state index in [2.05, 4.69) is 15.3 Å². The number of nitrogens with zero attached hydrogens (tertiary/aromatic N) is 2. The van der Waals surface area contributed by atoms with Crippen LogP contribution in [0.15, 0.2) is 6.07 Å². The quantitative estimate of drug-likeness (QED) is 0.828. The fourth-order valence-electron chi connectivity index (χ4n) is 2.56. The number of rotatable bonds is 5. The molecule has 2 atom stereocenters. The third kappa shape index (κ3) is 3.41. The number of anilines is 1. The zero-order valence-corrected chi connectivity index (χ0v) is 11.3. The van der Waals surface area contributed by atoms with Crippen LogP contribution in [-0.2, 0) is 16.1 Å². The molecule has 1 heterocycles. The van der Waals surface area contributed by atoms with Gasteiger partial charge in [-0.3, -0.25) is 4.79 Å². The molecule has 0 radical (unpaired) electrons. The normalized spacial score (nSPS) is 22.4. The summed E-state index contributed by atoms with van der Waals surface area (Å²) >= 11 is 0. The van der Waals surface area contributed by atoms with E-state index in [0.29, 0.717) is 12.4 Å². The Bertz CT molecular complexity index is 464. The first-order valence-corrected chi connectivity index (χ1v) is 6.49. The Balaban J connectivity index is 2.12. The molecule has 1 aliphatic rings. The average molecular weight is 264 g/mol. The topological polar surface area (TPSA) is 90.1 Å². The van der Waals surface area contributed by atoms with Gasteiger partial charge in [0.05, 0.1) is 5.92 Å². The molecule has 0 aromatic carbocycles. The van der Waals surface area contributed by atoms with Gasteiger partial charge in [0.1, 0.15) is 12.4 Å². The molecule has 1 aliphatic carbocycles. The first-order valence-electron chi connectivity index (χ1n) is 6.49. The van der Waals surface area contributed by atoms with Crippen LogP contribution >= 0.6 is 0 Å². The van der Waals surface area contributed by atoms with Crippen molar-refractivity contribution in [2.24, 2.45) is 11.7 Å². The molecule has 0 unspecified atom stereocenters. The molecule has 3 N–H and O–H groups in total. The number of ether oxygens (including phenoxy) is 1. The van der Waals surface area contributed by atoms with Crippen molar-refractivity contribution in [2.45, 2.75) is 38.8 Å². The fourth-order valence-corrected chi connectivity index (χ4v) is 2.56. The maximum atomic E-state index is 11.4. The van der Waals surface area contributed by atoms with Crippen molar-refractivity contribution in [3.8, 4) is 0 Å². The zero-order chi connectivity index (χ0) is 13.8. The summed E-state index contributed by atoms with van der Waals surface area (Å²) < 4.78 is 5.04. The highest BCUT2D eigenvalue weighted by Crippen LogP contribution is 2.28. The smallest absolute Gasteiger partial charge is 0.222 e. The van der Waals surface area contributed by atoms with Crippen LogP contribution in [0.4, 0.5) is 5.82 Å².